The van der Waals surface area contributed by atoms with E-state index in [1.165, 1.54) is 41.3 Å². The molecule has 1 heterocycles. The van der Waals surface area contributed by atoms with Crippen molar-refractivity contribution in [2.45, 2.75) is 25.7 Å². The van der Waals surface area contributed by atoms with Gasteiger partial charge < -0.3 is 0 Å². The number of unbranched alkanes of at least 4 members (excludes halogenated alkanes) is 3. The van der Waals surface area contributed by atoms with Crippen molar-refractivity contribution in [2.24, 2.45) is 0 Å². The Balaban J connectivity index is 1.27. The van der Waals surface area contributed by atoms with Crippen LogP contribution in [0.3, 0.4) is 0 Å². The summed E-state index contributed by atoms with van der Waals surface area (Å²) >= 11 is 0. The predicted octanol–water partition coefficient (Wildman–Crippen LogP) is 4.69. The Labute approximate surface area is 221 Å². The molecule has 1 amide bonds. The molecule has 3 aromatic carbocycles. The van der Waals surface area contributed by atoms with Crippen molar-refractivity contribution in [1.29, 1.82) is 0 Å². The van der Waals surface area contributed by atoms with E-state index in [2.05, 4.69) is 107 Å². The zero-order valence-electron chi connectivity index (χ0n) is 21.5. The third kappa shape index (κ3) is 7.35. The molecule has 0 bridgehead atoms. The first kappa shape index (κ1) is 26.7. The number of rotatable bonds is 14. The molecule has 5 heteroatoms. The van der Waals surface area contributed by atoms with Gasteiger partial charge in [0.15, 0.2) is 0 Å². The Morgan fingerprint density at radius 3 is 1.73 bits per heavy atom. The standard InChI is InChI=1S/C32H38N3OP/c36-32(28-15-14-23-34-27-28)35-25-24-33-22-12-1-2-13-26-37(29-16-6-3-7-17-29,30-18-8-4-9-19-30)31-20-10-5-11-21-31/h3-11,14-21,23,27,33,37H,1-2,12-13,22,24-26H2,(H,35,36). The van der Waals surface area contributed by atoms with Gasteiger partial charge in [-0.1, -0.05) is 0 Å². The van der Waals surface area contributed by atoms with Gasteiger partial charge in [-0.05, 0) is 12.1 Å². The molecule has 0 radical (unpaired) electrons. The third-order valence-corrected chi connectivity index (χ3v) is 12.0. The zero-order chi connectivity index (χ0) is 25.6. The second-order valence-corrected chi connectivity index (χ2v) is 13.5. The third-order valence-electron chi connectivity index (χ3n) is 6.97. The normalized spacial score (nSPS) is 11.7. The minimum Gasteiger partial charge on any atom is -0.264 e. The minimum absolute atomic E-state index is 0.0715. The molecular weight excluding hydrogens is 473 g/mol. The molecule has 192 valence electrons. The molecule has 0 aliphatic rings. The first-order chi connectivity index (χ1) is 18.3. The zero-order valence-corrected chi connectivity index (χ0v) is 22.5. The van der Waals surface area contributed by atoms with Gasteiger partial charge in [-0.15, -0.1) is 0 Å². The number of hydrogen-bond acceptors (Lipinski definition) is 3. The van der Waals surface area contributed by atoms with Crippen molar-refractivity contribution in [3.05, 3.63) is 121 Å². The van der Waals surface area contributed by atoms with Gasteiger partial charge in [0.1, 0.15) is 0 Å². The number of amides is 1. The first-order valence-corrected chi connectivity index (χ1v) is 15.6. The summed E-state index contributed by atoms with van der Waals surface area (Å²) in [6.45, 7) is 2.37. The Morgan fingerprint density at radius 1 is 0.622 bits per heavy atom. The molecule has 0 unspecified atom stereocenters. The average molecular weight is 512 g/mol. The fourth-order valence-electron chi connectivity index (χ4n) is 5.08. The molecule has 0 spiro atoms. The molecule has 0 saturated heterocycles. The van der Waals surface area contributed by atoms with Gasteiger partial charge in [-0.25, -0.2) is 0 Å². The van der Waals surface area contributed by atoms with Crippen LogP contribution in [-0.4, -0.2) is 36.7 Å². The Hall–Kier alpha value is -3.33. The molecule has 0 saturated carbocycles. The van der Waals surface area contributed by atoms with E-state index in [4.69, 9.17) is 0 Å². The van der Waals surface area contributed by atoms with Crippen LogP contribution in [0.4, 0.5) is 0 Å². The monoisotopic (exact) mass is 511 g/mol. The molecule has 0 atom stereocenters. The number of carbonyl (C=O) groups excluding carboxylic acids is 1. The maximum absolute atomic E-state index is 12.1. The van der Waals surface area contributed by atoms with Gasteiger partial charge in [-0.3, -0.25) is 4.98 Å². The van der Waals surface area contributed by atoms with Crippen LogP contribution in [0.1, 0.15) is 36.0 Å². The van der Waals surface area contributed by atoms with E-state index in [0.717, 1.165) is 19.5 Å². The SMILES string of the molecule is O=C(NCCNCCCCCC[PH](c1ccccc1)(c1ccccc1)c1ccccc1)c1cccnc1. The fraction of sp³-hybridized carbons (Fsp3) is 0.250. The van der Waals surface area contributed by atoms with Crippen molar-refractivity contribution < 1.29 is 4.79 Å². The van der Waals surface area contributed by atoms with Crippen LogP contribution in [0.15, 0.2) is 116 Å². The van der Waals surface area contributed by atoms with Crippen LogP contribution in [0.5, 0.6) is 0 Å². The second-order valence-electron chi connectivity index (χ2n) is 9.42. The number of hydrogen-bond donors (Lipinski definition) is 2. The van der Waals surface area contributed by atoms with Crippen LogP contribution >= 0.6 is 7.26 Å². The van der Waals surface area contributed by atoms with E-state index in [-0.39, 0.29) is 5.91 Å². The summed E-state index contributed by atoms with van der Waals surface area (Å²) in [5, 5.41) is 10.9. The number of nitrogens with zero attached hydrogens (tertiary/aromatic N) is 1. The van der Waals surface area contributed by atoms with E-state index in [1.807, 2.05) is 0 Å². The second kappa shape index (κ2) is 14.4. The van der Waals surface area contributed by atoms with Crippen LogP contribution in [-0.2, 0) is 0 Å². The van der Waals surface area contributed by atoms with Gasteiger partial charge in [0.05, 0.1) is 0 Å². The van der Waals surface area contributed by atoms with Crippen molar-refractivity contribution in [1.82, 2.24) is 15.6 Å². The maximum atomic E-state index is 12.1. The molecule has 37 heavy (non-hydrogen) atoms. The topological polar surface area (TPSA) is 54.0 Å². The van der Waals surface area contributed by atoms with Gasteiger partial charge in [0, 0.05) is 12.4 Å². The van der Waals surface area contributed by atoms with E-state index in [9.17, 15) is 4.79 Å². The fourth-order valence-corrected chi connectivity index (χ4v) is 10.0. The molecule has 0 fully saturated rings. The van der Waals surface area contributed by atoms with Crippen LogP contribution in [0.25, 0.3) is 0 Å². The predicted molar refractivity (Wildman–Crippen MR) is 159 cm³/mol. The summed E-state index contributed by atoms with van der Waals surface area (Å²) in [6, 6.07) is 37.1. The molecule has 0 aliphatic carbocycles. The van der Waals surface area contributed by atoms with Gasteiger partial charge >= 0.3 is 193 Å². The van der Waals surface area contributed by atoms with Gasteiger partial charge in [0.25, 0.3) is 0 Å². The smallest absolute Gasteiger partial charge is 0.264 e. The molecule has 1 aromatic heterocycles. The number of pyridine rings is 1. The Kier molecular flexibility index (Phi) is 10.4. The van der Waals surface area contributed by atoms with Crippen LogP contribution in [0, 0.1) is 0 Å². The molecule has 4 nitrogen and oxygen atoms in total. The summed E-state index contributed by atoms with van der Waals surface area (Å²) in [5.41, 5.74) is 0.601. The number of carbonyl (C=O) groups is 1. The van der Waals surface area contributed by atoms with Crippen molar-refractivity contribution in [3.8, 4) is 0 Å². The average Bonchev–Trinajstić information content (AvgIpc) is 2.98. The Morgan fingerprint density at radius 2 is 1.19 bits per heavy atom. The van der Waals surface area contributed by atoms with Crippen molar-refractivity contribution >= 4 is 29.1 Å². The summed E-state index contributed by atoms with van der Waals surface area (Å²) < 4.78 is 0. The molecular formula is C32H38N3OP. The first-order valence-electron chi connectivity index (χ1n) is 13.4. The molecule has 0 aliphatic heterocycles. The quantitative estimate of drug-likeness (QED) is 0.191. The molecule has 4 aromatic rings. The number of nitrogens with one attached hydrogen (secondary N) is 2. The van der Waals surface area contributed by atoms with Crippen molar-refractivity contribution in [2.75, 3.05) is 25.8 Å². The summed E-state index contributed by atoms with van der Waals surface area (Å²) in [4.78, 5) is 16.1. The van der Waals surface area contributed by atoms with Crippen LogP contribution < -0.4 is 26.5 Å². The van der Waals surface area contributed by atoms with E-state index >= 15 is 0 Å². The number of aromatic nitrogens is 1. The summed E-state index contributed by atoms with van der Waals surface area (Å²) in [5.74, 6) is -0.0715. The number of benzene rings is 3. The van der Waals surface area contributed by atoms with E-state index < -0.39 is 7.26 Å². The van der Waals surface area contributed by atoms with Gasteiger partial charge in [-0.2, -0.15) is 0 Å². The van der Waals surface area contributed by atoms with Crippen molar-refractivity contribution in [3.63, 3.8) is 0 Å². The molecule has 2 N–H and O–H groups in total. The Bertz CT molecular complexity index is 1090. The van der Waals surface area contributed by atoms with Crippen LogP contribution in [0.2, 0.25) is 0 Å². The van der Waals surface area contributed by atoms with E-state index in [0.29, 0.717) is 12.1 Å². The van der Waals surface area contributed by atoms with E-state index in [1.54, 1.807) is 24.5 Å². The minimum atomic E-state index is -2.11. The molecule has 4 rings (SSSR count). The summed E-state index contributed by atoms with van der Waals surface area (Å²) in [7, 11) is -2.11. The van der Waals surface area contributed by atoms with Gasteiger partial charge in [0.2, 0.25) is 0 Å². The summed E-state index contributed by atoms with van der Waals surface area (Å²) in [6.07, 6.45) is 9.26.